The molecule has 100 valence electrons. The van der Waals surface area contributed by atoms with Gasteiger partial charge in [0.25, 0.3) is 0 Å². The molecule has 0 spiro atoms. The van der Waals surface area contributed by atoms with E-state index in [2.05, 4.69) is 5.32 Å². The number of rotatable bonds is 5. The monoisotopic (exact) mass is 263 g/mol. The van der Waals surface area contributed by atoms with Crippen molar-refractivity contribution in [3.05, 3.63) is 35.2 Å². The molecule has 1 aromatic rings. The normalized spacial score (nSPS) is 18.0. The minimum absolute atomic E-state index is 0.0905. The number of Topliss-reactive ketones (excluding diaryl/α,β-unsaturated/α-hetero) is 1. The first-order valence-corrected chi connectivity index (χ1v) is 5.73. The zero-order valence-electron chi connectivity index (χ0n) is 10.2. The van der Waals surface area contributed by atoms with Crippen LogP contribution in [0.3, 0.4) is 0 Å². The summed E-state index contributed by atoms with van der Waals surface area (Å²) in [6.07, 6.45) is -0.755. The third kappa shape index (κ3) is 2.17. The maximum absolute atomic E-state index is 11.5. The van der Waals surface area contributed by atoms with E-state index in [0.29, 0.717) is 12.9 Å². The Hall–Kier alpha value is -2.34. The van der Waals surface area contributed by atoms with Gasteiger partial charge in [-0.2, -0.15) is 0 Å². The van der Waals surface area contributed by atoms with Crippen LogP contribution in [0, 0.1) is 0 Å². The molecule has 1 aliphatic rings. The van der Waals surface area contributed by atoms with Gasteiger partial charge in [0.1, 0.15) is 11.4 Å². The number of ketones is 1. The lowest BCUT2D eigenvalue weighted by atomic mass is 9.97. The van der Waals surface area contributed by atoms with E-state index in [0.717, 1.165) is 0 Å². The lowest BCUT2D eigenvalue weighted by Crippen LogP contribution is -2.40. The molecule has 1 unspecified atom stereocenters. The van der Waals surface area contributed by atoms with E-state index in [-0.39, 0.29) is 28.5 Å². The number of hydrogen-bond acceptors (Lipinski definition) is 6. The third-order valence-electron chi connectivity index (χ3n) is 2.74. The van der Waals surface area contributed by atoms with Crippen LogP contribution in [0.2, 0.25) is 0 Å². The summed E-state index contributed by atoms with van der Waals surface area (Å²) in [5.74, 6) is -0.627. The molecule has 0 amide bonds. The van der Waals surface area contributed by atoms with Crippen molar-refractivity contribution in [1.29, 1.82) is 0 Å². The summed E-state index contributed by atoms with van der Waals surface area (Å²) in [7, 11) is 0. The van der Waals surface area contributed by atoms with E-state index in [1.165, 1.54) is 12.1 Å². The van der Waals surface area contributed by atoms with Gasteiger partial charge in [0.05, 0.1) is 17.9 Å². The second-order valence-corrected chi connectivity index (χ2v) is 3.93. The molecule has 0 fully saturated rings. The Labute approximate surface area is 109 Å². The molecular weight excluding hydrogens is 250 g/mol. The second-order valence-electron chi connectivity index (χ2n) is 3.93. The van der Waals surface area contributed by atoms with Gasteiger partial charge >= 0.3 is 0 Å². The molecule has 0 heterocycles. The molecule has 3 N–H and O–H groups in total. The minimum Gasteiger partial charge on any atom is -0.505 e. The molecule has 1 aromatic carbocycles. The number of aldehydes is 1. The van der Waals surface area contributed by atoms with Crippen LogP contribution in [0.4, 0.5) is 5.69 Å². The highest BCUT2D eigenvalue weighted by Crippen LogP contribution is 2.32. The van der Waals surface area contributed by atoms with Gasteiger partial charge in [0.2, 0.25) is 5.78 Å². The smallest absolute Gasteiger partial charge is 0.218 e. The number of nitrogens with one attached hydrogen (secondary N) is 1. The predicted octanol–water partition coefficient (Wildman–Crippen LogP) is 0.808. The summed E-state index contributed by atoms with van der Waals surface area (Å²) in [4.78, 5) is 22.2. The summed E-state index contributed by atoms with van der Waals surface area (Å²) < 4.78 is 5.14. The summed E-state index contributed by atoms with van der Waals surface area (Å²) in [6.45, 7) is 2.04. The Morgan fingerprint density at radius 3 is 2.84 bits per heavy atom. The van der Waals surface area contributed by atoms with Gasteiger partial charge in [-0.1, -0.05) is 6.07 Å². The van der Waals surface area contributed by atoms with Crippen LogP contribution in [0.1, 0.15) is 17.3 Å². The summed E-state index contributed by atoms with van der Waals surface area (Å²) in [6, 6.07) is 4.52. The van der Waals surface area contributed by atoms with Gasteiger partial charge in [-0.3, -0.25) is 9.59 Å². The molecule has 0 saturated heterocycles. The number of phenols is 1. The van der Waals surface area contributed by atoms with Gasteiger partial charge in [0, 0.05) is 0 Å². The highest BCUT2D eigenvalue weighted by Gasteiger charge is 2.40. The maximum Gasteiger partial charge on any atom is 0.218 e. The van der Waals surface area contributed by atoms with E-state index in [1.807, 2.05) is 0 Å². The van der Waals surface area contributed by atoms with Crippen LogP contribution in [0.15, 0.2) is 29.7 Å². The number of hydrogen-bond donors (Lipinski definition) is 3. The number of anilines is 1. The highest BCUT2D eigenvalue weighted by atomic mass is 16.5. The fourth-order valence-electron chi connectivity index (χ4n) is 1.76. The average molecular weight is 263 g/mol. The summed E-state index contributed by atoms with van der Waals surface area (Å²) in [5.41, 5.74) is 0.403. The number of para-hydroxylation sites is 1. The van der Waals surface area contributed by atoms with Gasteiger partial charge in [-0.25, -0.2) is 0 Å². The second kappa shape index (κ2) is 5.11. The van der Waals surface area contributed by atoms with Crippen molar-refractivity contribution >= 4 is 17.8 Å². The SMILES string of the molecule is CCOC1=C(Nc2cccc(C=O)c2O)C(=O)C1O. The molecule has 0 bridgehead atoms. The molecular formula is C13H13NO5. The highest BCUT2D eigenvalue weighted by molar-refractivity contribution is 6.10. The van der Waals surface area contributed by atoms with Crippen LogP contribution in [-0.4, -0.2) is 35.0 Å². The van der Waals surface area contributed by atoms with Crippen molar-refractivity contribution in [3.8, 4) is 5.75 Å². The van der Waals surface area contributed by atoms with E-state index in [1.54, 1.807) is 13.0 Å². The molecule has 1 aliphatic carbocycles. The Morgan fingerprint density at radius 2 is 2.21 bits per heavy atom. The zero-order chi connectivity index (χ0) is 14.0. The molecule has 0 saturated carbocycles. The number of aliphatic hydroxyl groups is 1. The van der Waals surface area contributed by atoms with Crippen LogP contribution in [-0.2, 0) is 9.53 Å². The van der Waals surface area contributed by atoms with E-state index in [4.69, 9.17) is 4.74 Å². The number of carbonyl (C=O) groups excluding carboxylic acids is 2. The topological polar surface area (TPSA) is 95.9 Å². The maximum atomic E-state index is 11.5. The fourth-order valence-corrected chi connectivity index (χ4v) is 1.76. The standard InChI is InChI=1S/C13H13NO5/c1-2-19-13-9(11(17)12(13)18)14-8-5-3-4-7(6-15)10(8)16/h3-6,12,14,16,18H,2H2,1H3. The van der Waals surface area contributed by atoms with Gasteiger partial charge in [-0.15, -0.1) is 0 Å². The fraction of sp³-hybridized carbons (Fsp3) is 0.231. The lowest BCUT2D eigenvalue weighted by molar-refractivity contribution is -0.127. The van der Waals surface area contributed by atoms with Crippen molar-refractivity contribution in [2.75, 3.05) is 11.9 Å². The minimum atomic E-state index is -1.26. The third-order valence-corrected chi connectivity index (χ3v) is 2.74. The molecule has 6 heteroatoms. The lowest BCUT2D eigenvalue weighted by Gasteiger charge is -2.28. The number of phenolic OH excluding ortho intramolecular Hbond substituents is 1. The largest absolute Gasteiger partial charge is 0.505 e. The van der Waals surface area contributed by atoms with Gasteiger partial charge in [0.15, 0.2) is 18.1 Å². The van der Waals surface area contributed by atoms with E-state index < -0.39 is 11.9 Å². The van der Waals surface area contributed by atoms with Crippen LogP contribution in [0.5, 0.6) is 5.75 Å². The first-order chi connectivity index (χ1) is 9.10. The first-order valence-electron chi connectivity index (χ1n) is 5.73. The Bertz CT molecular complexity index is 564. The number of ether oxygens (including phenoxy) is 1. The molecule has 1 atom stereocenters. The number of aliphatic hydroxyl groups excluding tert-OH is 1. The van der Waals surface area contributed by atoms with E-state index in [9.17, 15) is 19.8 Å². The Balaban J connectivity index is 2.31. The molecule has 0 radical (unpaired) electrons. The van der Waals surface area contributed by atoms with Gasteiger partial charge < -0.3 is 20.3 Å². The van der Waals surface area contributed by atoms with Crippen LogP contribution in [0.25, 0.3) is 0 Å². The Morgan fingerprint density at radius 1 is 1.47 bits per heavy atom. The first kappa shape index (κ1) is 13.1. The summed E-state index contributed by atoms with van der Waals surface area (Å²) >= 11 is 0. The van der Waals surface area contributed by atoms with Crippen molar-refractivity contribution < 1.29 is 24.5 Å². The number of aromatic hydroxyl groups is 1. The number of carbonyl (C=O) groups is 2. The van der Waals surface area contributed by atoms with E-state index >= 15 is 0 Å². The van der Waals surface area contributed by atoms with Crippen LogP contribution >= 0.6 is 0 Å². The van der Waals surface area contributed by atoms with Crippen molar-refractivity contribution in [1.82, 2.24) is 0 Å². The molecule has 19 heavy (non-hydrogen) atoms. The van der Waals surface area contributed by atoms with Gasteiger partial charge in [-0.05, 0) is 19.1 Å². The van der Waals surface area contributed by atoms with Crippen molar-refractivity contribution in [2.24, 2.45) is 0 Å². The quantitative estimate of drug-likeness (QED) is 0.537. The predicted molar refractivity (Wildman–Crippen MR) is 66.8 cm³/mol. The molecule has 2 rings (SSSR count). The number of benzene rings is 1. The van der Waals surface area contributed by atoms with Crippen molar-refractivity contribution in [2.45, 2.75) is 13.0 Å². The summed E-state index contributed by atoms with van der Waals surface area (Å²) in [5, 5.41) is 21.9. The average Bonchev–Trinajstić information content (AvgIpc) is 2.43. The zero-order valence-corrected chi connectivity index (χ0v) is 10.2. The van der Waals surface area contributed by atoms with Crippen LogP contribution < -0.4 is 5.32 Å². The Kier molecular flexibility index (Phi) is 3.52. The molecule has 0 aromatic heterocycles. The molecule has 6 nitrogen and oxygen atoms in total. The molecule has 0 aliphatic heterocycles. The van der Waals surface area contributed by atoms with Crippen molar-refractivity contribution in [3.63, 3.8) is 0 Å².